The van der Waals surface area contributed by atoms with Crippen molar-refractivity contribution in [1.82, 2.24) is 0 Å². The number of benzene rings is 1. The first-order valence-corrected chi connectivity index (χ1v) is 4.59. The Morgan fingerprint density at radius 3 is 2.81 bits per heavy atom. The van der Waals surface area contributed by atoms with Crippen LogP contribution in [-0.2, 0) is 4.79 Å². The average molecular weight is 241 g/mol. The van der Waals surface area contributed by atoms with Gasteiger partial charge in [0.25, 0.3) is 0 Å². The zero-order chi connectivity index (χ0) is 12.1. The van der Waals surface area contributed by atoms with E-state index in [-0.39, 0.29) is 22.6 Å². The Morgan fingerprint density at radius 2 is 2.25 bits per heavy atom. The molecule has 0 heterocycles. The summed E-state index contributed by atoms with van der Waals surface area (Å²) in [6.45, 7) is 0. The summed E-state index contributed by atoms with van der Waals surface area (Å²) in [5.74, 6) is 2.70. The summed E-state index contributed by atoms with van der Waals surface area (Å²) in [6, 6.07) is 1.92. The first kappa shape index (κ1) is 12.2. The van der Waals surface area contributed by atoms with Gasteiger partial charge in [-0.2, -0.15) is 0 Å². The van der Waals surface area contributed by atoms with Crippen LogP contribution in [0.5, 0.6) is 0 Å². The fourth-order valence-electron chi connectivity index (χ4n) is 0.994. The number of hydrogen-bond donors (Lipinski definition) is 1. The van der Waals surface area contributed by atoms with E-state index in [0.29, 0.717) is 6.29 Å². The molecule has 0 atom stereocenters. The summed E-state index contributed by atoms with van der Waals surface area (Å²) in [7, 11) is 0. The molecule has 0 aliphatic rings. The molecule has 0 fully saturated rings. The SMILES string of the molecule is O=CCC#Cc1cc(Cl)c(C(=O)O)cc1F. The Bertz CT molecular complexity index is 500. The molecule has 0 aromatic heterocycles. The van der Waals surface area contributed by atoms with Gasteiger partial charge in [0, 0.05) is 0 Å². The lowest BCUT2D eigenvalue weighted by molar-refractivity contribution is -0.107. The van der Waals surface area contributed by atoms with Crippen LogP contribution in [0.15, 0.2) is 12.1 Å². The maximum absolute atomic E-state index is 13.3. The van der Waals surface area contributed by atoms with E-state index in [4.69, 9.17) is 16.7 Å². The van der Waals surface area contributed by atoms with Crippen LogP contribution < -0.4 is 0 Å². The number of aromatic carboxylic acids is 1. The molecule has 1 aromatic carbocycles. The monoisotopic (exact) mass is 240 g/mol. The largest absolute Gasteiger partial charge is 0.478 e. The van der Waals surface area contributed by atoms with Gasteiger partial charge in [-0.1, -0.05) is 23.4 Å². The summed E-state index contributed by atoms with van der Waals surface area (Å²) in [6.07, 6.45) is 0.565. The number of hydrogen-bond acceptors (Lipinski definition) is 2. The summed E-state index contributed by atoms with van der Waals surface area (Å²) < 4.78 is 13.3. The van der Waals surface area contributed by atoms with Crippen molar-refractivity contribution in [3.63, 3.8) is 0 Å². The number of carbonyl (C=O) groups is 2. The van der Waals surface area contributed by atoms with Crippen molar-refractivity contribution in [2.75, 3.05) is 0 Å². The zero-order valence-corrected chi connectivity index (χ0v) is 8.71. The molecule has 0 aliphatic heterocycles. The Labute approximate surface area is 95.8 Å². The summed E-state index contributed by atoms with van der Waals surface area (Å²) in [4.78, 5) is 20.6. The predicted molar refractivity (Wildman–Crippen MR) is 55.9 cm³/mol. The van der Waals surface area contributed by atoms with Gasteiger partial charge in [0.15, 0.2) is 0 Å². The van der Waals surface area contributed by atoms with Crippen molar-refractivity contribution in [3.05, 3.63) is 34.1 Å². The van der Waals surface area contributed by atoms with E-state index in [9.17, 15) is 14.0 Å². The molecule has 5 heteroatoms. The standard InChI is InChI=1S/C11H6ClFO3/c12-9-5-7(3-1-2-4-14)10(13)6-8(9)11(15)16/h4-6H,2H2,(H,15,16). The third-order valence-electron chi connectivity index (χ3n) is 1.70. The van der Waals surface area contributed by atoms with Crippen LogP contribution in [0, 0.1) is 17.7 Å². The molecular weight excluding hydrogens is 235 g/mol. The number of halogens is 2. The quantitative estimate of drug-likeness (QED) is 0.636. The number of carboxylic acids is 1. The van der Waals surface area contributed by atoms with Gasteiger partial charge in [0.05, 0.1) is 22.6 Å². The summed E-state index contributed by atoms with van der Waals surface area (Å²) in [5, 5.41) is 8.57. The Morgan fingerprint density at radius 1 is 1.56 bits per heavy atom. The van der Waals surface area contributed by atoms with Gasteiger partial charge in [-0.3, -0.25) is 0 Å². The molecule has 1 aromatic rings. The van der Waals surface area contributed by atoms with Crippen molar-refractivity contribution in [2.45, 2.75) is 6.42 Å². The number of carboxylic acid groups (broad SMARTS) is 1. The van der Waals surface area contributed by atoms with E-state index in [2.05, 4.69) is 11.8 Å². The Balaban J connectivity index is 3.17. The second-order valence-corrected chi connectivity index (χ2v) is 3.20. The second-order valence-electron chi connectivity index (χ2n) is 2.79. The molecule has 0 saturated carbocycles. The normalized spacial score (nSPS) is 9.12. The highest BCUT2D eigenvalue weighted by molar-refractivity contribution is 6.33. The van der Waals surface area contributed by atoms with Crippen LogP contribution in [0.25, 0.3) is 0 Å². The Hall–Kier alpha value is -1.86. The molecular formula is C11H6ClFO3. The van der Waals surface area contributed by atoms with Crippen molar-refractivity contribution in [3.8, 4) is 11.8 Å². The van der Waals surface area contributed by atoms with Gasteiger partial charge in [-0.25, -0.2) is 9.18 Å². The molecule has 0 unspecified atom stereocenters. The predicted octanol–water partition coefficient (Wildman–Crippen LogP) is 2.12. The van der Waals surface area contributed by atoms with Crippen LogP contribution in [-0.4, -0.2) is 17.4 Å². The maximum atomic E-state index is 13.3. The number of rotatable bonds is 2. The fraction of sp³-hybridized carbons (Fsp3) is 0.0909. The van der Waals surface area contributed by atoms with Gasteiger partial charge in [0.2, 0.25) is 0 Å². The maximum Gasteiger partial charge on any atom is 0.337 e. The average Bonchev–Trinajstić information content (AvgIpc) is 2.22. The molecule has 0 aliphatic carbocycles. The van der Waals surface area contributed by atoms with Crippen molar-refractivity contribution < 1.29 is 19.1 Å². The van der Waals surface area contributed by atoms with Crippen molar-refractivity contribution in [1.29, 1.82) is 0 Å². The van der Waals surface area contributed by atoms with E-state index in [1.165, 1.54) is 0 Å². The summed E-state index contributed by atoms with van der Waals surface area (Å²) in [5.41, 5.74) is -0.350. The molecule has 3 nitrogen and oxygen atoms in total. The topological polar surface area (TPSA) is 54.4 Å². The smallest absolute Gasteiger partial charge is 0.337 e. The van der Waals surface area contributed by atoms with Crippen molar-refractivity contribution >= 4 is 23.9 Å². The molecule has 0 radical (unpaired) electrons. The van der Waals surface area contributed by atoms with E-state index >= 15 is 0 Å². The molecule has 0 spiro atoms. The lowest BCUT2D eigenvalue weighted by Gasteiger charge is -2.00. The number of aldehydes is 1. The molecule has 0 saturated heterocycles. The van der Waals surface area contributed by atoms with Crippen LogP contribution >= 0.6 is 11.6 Å². The lowest BCUT2D eigenvalue weighted by atomic mass is 10.1. The van der Waals surface area contributed by atoms with Gasteiger partial charge in [-0.15, -0.1) is 0 Å². The molecule has 0 bridgehead atoms. The molecule has 82 valence electrons. The second kappa shape index (κ2) is 5.29. The minimum Gasteiger partial charge on any atom is -0.478 e. The van der Waals surface area contributed by atoms with Crippen LogP contribution in [0.3, 0.4) is 0 Å². The van der Waals surface area contributed by atoms with Crippen LogP contribution in [0.1, 0.15) is 22.3 Å². The Kier molecular flexibility index (Phi) is 4.03. The minimum absolute atomic E-state index is 0.0161. The highest BCUT2D eigenvalue weighted by Crippen LogP contribution is 2.20. The third kappa shape index (κ3) is 2.81. The van der Waals surface area contributed by atoms with Gasteiger partial charge < -0.3 is 9.90 Å². The lowest BCUT2D eigenvalue weighted by Crippen LogP contribution is -1.99. The minimum atomic E-state index is -1.31. The van der Waals surface area contributed by atoms with Gasteiger partial charge in [0.1, 0.15) is 12.1 Å². The van der Waals surface area contributed by atoms with Crippen molar-refractivity contribution in [2.24, 2.45) is 0 Å². The van der Waals surface area contributed by atoms with Gasteiger partial charge in [-0.05, 0) is 12.1 Å². The van der Waals surface area contributed by atoms with E-state index in [0.717, 1.165) is 12.1 Å². The number of carbonyl (C=O) groups excluding carboxylic acids is 1. The zero-order valence-electron chi connectivity index (χ0n) is 7.96. The third-order valence-corrected chi connectivity index (χ3v) is 2.01. The van der Waals surface area contributed by atoms with E-state index in [1.54, 1.807) is 0 Å². The van der Waals surface area contributed by atoms with E-state index < -0.39 is 11.8 Å². The molecule has 0 amide bonds. The summed E-state index contributed by atoms with van der Waals surface area (Å²) >= 11 is 5.62. The first-order valence-electron chi connectivity index (χ1n) is 4.21. The first-order chi connectivity index (χ1) is 7.56. The molecule has 1 rings (SSSR count). The molecule has 1 N–H and O–H groups in total. The van der Waals surface area contributed by atoms with Gasteiger partial charge >= 0.3 is 5.97 Å². The highest BCUT2D eigenvalue weighted by atomic mass is 35.5. The van der Waals surface area contributed by atoms with E-state index in [1.807, 2.05) is 0 Å². The van der Waals surface area contributed by atoms with Crippen LogP contribution in [0.4, 0.5) is 4.39 Å². The van der Waals surface area contributed by atoms with Crippen LogP contribution in [0.2, 0.25) is 5.02 Å². The molecule has 16 heavy (non-hydrogen) atoms. The highest BCUT2D eigenvalue weighted by Gasteiger charge is 2.12. The fourth-order valence-corrected chi connectivity index (χ4v) is 1.24.